The van der Waals surface area contributed by atoms with Crippen molar-refractivity contribution in [2.24, 2.45) is 5.41 Å². The fourth-order valence-electron chi connectivity index (χ4n) is 3.04. The fourth-order valence-corrected chi connectivity index (χ4v) is 3.04. The molecule has 112 valence electrons. The van der Waals surface area contributed by atoms with Crippen molar-refractivity contribution in [3.05, 3.63) is 30.1 Å². The zero-order valence-corrected chi connectivity index (χ0v) is 13.0. The molecule has 1 atom stereocenters. The van der Waals surface area contributed by atoms with Crippen LogP contribution in [0.4, 0.5) is 0 Å². The normalized spacial score (nSPS) is 19.4. The lowest BCUT2D eigenvalue weighted by atomic mass is 9.91. The van der Waals surface area contributed by atoms with E-state index in [1.807, 2.05) is 29.2 Å². The second-order valence-corrected chi connectivity index (χ2v) is 7.12. The van der Waals surface area contributed by atoms with Crippen molar-refractivity contribution in [2.75, 3.05) is 6.54 Å². The van der Waals surface area contributed by atoms with Crippen LogP contribution < -0.4 is 0 Å². The number of hydrogen-bond donors (Lipinski definition) is 1. The molecule has 21 heavy (non-hydrogen) atoms. The topological polar surface area (TPSA) is 49.0 Å². The zero-order chi connectivity index (χ0) is 15.0. The molecule has 3 rings (SSSR count). The molecule has 1 N–H and O–H groups in total. The Kier molecular flexibility index (Phi) is 3.47. The second kappa shape index (κ2) is 5.17. The van der Waals surface area contributed by atoms with Gasteiger partial charge in [0.1, 0.15) is 5.82 Å². The molecule has 0 aliphatic carbocycles. The van der Waals surface area contributed by atoms with Crippen molar-refractivity contribution >= 4 is 16.9 Å². The standard InChI is InChI=1S/C17H23N3O/c1-17(2,3)11-15(21)20-10-6-9-14(20)16-18-12-7-4-5-8-13(12)19-16/h4-5,7-8,14H,6,9-11H2,1-3H3,(H,18,19). The molecule has 4 nitrogen and oxygen atoms in total. The maximum Gasteiger partial charge on any atom is 0.223 e. The van der Waals surface area contributed by atoms with Crippen LogP contribution in [0.1, 0.15) is 51.9 Å². The lowest BCUT2D eigenvalue weighted by molar-refractivity contribution is -0.134. The van der Waals surface area contributed by atoms with Crippen LogP contribution in [0.3, 0.4) is 0 Å². The van der Waals surface area contributed by atoms with Gasteiger partial charge in [0.25, 0.3) is 0 Å². The van der Waals surface area contributed by atoms with Gasteiger partial charge in [-0.05, 0) is 30.4 Å². The van der Waals surface area contributed by atoms with Crippen LogP contribution in [-0.2, 0) is 4.79 Å². The number of amides is 1. The minimum Gasteiger partial charge on any atom is -0.340 e. The Morgan fingerprint density at radius 1 is 1.38 bits per heavy atom. The first-order chi connectivity index (χ1) is 9.94. The average molecular weight is 285 g/mol. The summed E-state index contributed by atoms with van der Waals surface area (Å²) in [5.41, 5.74) is 2.04. The number of likely N-dealkylation sites (tertiary alicyclic amines) is 1. The van der Waals surface area contributed by atoms with Crippen LogP contribution >= 0.6 is 0 Å². The number of hydrogen-bond acceptors (Lipinski definition) is 2. The van der Waals surface area contributed by atoms with Gasteiger partial charge in [0, 0.05) is 13.0 Å². The molecule has 1 amide bonds. The molecule has 1 aliphatic rings. The highest BCUT2D eigenvalue weighted by molar-refractivity contribution is 5.78. The minimum atomic E-state index is 0.0259. The molecule has 2 heterocycles. The summed E-state index contributed by atoms with van der Waals surface area (Å²) in [6.45, 7) is 7.17. The molecule has 1 saturated heterocycles. The number of aromatic nitrogens is 2. The van der Waals surface area contributed by atoms with E-state index in [4.69, 9.17) is 0 Å². The molecule has 1 unspecified atom stereocenters. The molecule has 1 aromatic carbocycles. The Bertz CT molecular complexity index is 620. The smallest absolute Gasteiger partial charge is 0.223 e. The summed E-state index contributed by atoms with van der Waals surface area (Å²) in [6, 6.07) is 8.13. The number of para-hydroxylation sites is 2. The van der Waals surface area contributed by atoms with Gasteiger partial charge in [-0.15, -0.1) is 0 Å². The third-order valence-electron chi connectivity index (χ3n) is 3.98. The number of imidazole rings is 1. The Labute approximate surface area is 125 Å². The van der Waals surface area contributed by atoms with E-state index < -0.39 is 0 Å². The van der Waals surface area contributed by atoms with Gasteiger partial charge in [-0.1, -0.05) is 32.9 Å². The Morgan fingerprint density at radius 3 is 2.86 bits per heavy atom. The molecular formula is C17H23N3O. The van der Waals surface area contributed by atoms with Crippen LogP contribution in [0.5, 0.6) is 0 Å². The van der Waals surface area contributed by atoms with Gasteiger partial charge in [0.2, 0.25) is 5.91 Å². The highest BCUT2D eigenvalue weighted by atomic mass is 16.2. The molecule has 0 bridgehead atoms. The summed E-state index contributed by atoms with van der Waals surface area (Å²) in [6.07, 6.45) is 2.64. The molecule has 0 saturated carbocycles. The maximum atomic E-state index is 12.5. The predicted molar refractivity (Wildman–Crippen MR) is 83.9 cm³/mol. The summed E-state index contributed by atoms with van der Waals surface area (Å²) in [4.78, 5) is 22.6. The molecule has 1 aliphatic heterocycles. The summed E-state index contributed by atoms with van der Waals surface area (Å²) in [5, 5.41) is 0. The fraction of sp³-hybridized carbons (Fsp3) is 0.529. The van der Waals surface area contributed by atoms with E-state index in [9.17, 15) is 4.79 Å². The molecule has 0 spiro atoms. The monoisotopic (exact) mass is 285 g/mol. The molecule has 1 aromatic heterocycles. The first-order valence-corrected chi connectivity index (χ1v) is 7.68. The summed E-state index contributed by atoms with van der Waals surface area (Å²) in [7, 11) is 0. The average Bonchev–Trinajstić information content (AvgIpc) is 3.02. The molecule has 0 radical (unpaired) electrons. The number of nitrogens with zero attached hydrogens (tertiary/aromatic N) is 2. The molecule has 4 heteroatoms. The number of nitrogens with one attached hydrogen (secondary N) is 1. The first-order valence-electron chi connectivity index (χ1n) is 7.68. The third-order valence-corrected chi connectivity index (χ3v) is 3.98. The number of carbonyl (C=O) groups is 1. The largest absolute Gasteiger partial charge is 0.340 e. The third kappa shape index (κ3) is 2.94. The lowest BCUT2D eigenvalue weighted by Gasteiger charge is -2.27. The molecule has 1 fully saturated rings. The summed E-state index contributed by atoms with van der Waals surface area (Å²) in [5.74, 6) is 1.17. The van der Waals surface area contributed by atoms with Gasteiger partial charge in [0.15, 0.2) is 0 Å². The molecular weight excluding hydrogens is 262 g/mol. The highest BCUT2D eigenvalue weighted by Crippen LogP contribution is 2.33. The van der Waals surface area contributed by atoms with Gasteiger partial charge in [-0.3, -0.25) is 4.79 Å². The summed E-state index contributed by atoms with van der Waals surface area (Å²) >= 11 is 0. The zero-order valence-electron chi connectivity index (χ0n) is 13.0. The van der Waals surface area contributed by atoms with Crippen LogP contribution in [0.2, 0.25) is 0 Å². The van der Waals surface area contributed by atoms with Crippen molar-refractivity contribution in [3.63, 3.8) is 0 Å². The maximum absolute atomic E-state index is 12.5. The SMILES string of the molecule is CC(C)(C)CC(=O)N1CCCC1c1nc2ccccc2[nH]1. The van der Waals surface area contributed by atoms with Gasteiger partial charge < -0.3 is 9.88 Å². The Morgan fingerprint density at radius 2 is 2.14 bits per heavy atom. The van der Waals surface area contributed by atoms with Crippen molar-refractivity contribution in [1.82, 2.24) is 14.9 Å². The van der Waals surface area contributed by atoms with E-state index in [0.717, 1.165) is 36.2 Å². The highest BCUT2D eigenvalue weighted by Gasteiger charge is 2.33. The van der Waals surface area contributed by atoms with Gasteiger partial charge in [-0.25, -0.2) is 4.98 Å². The van der Waals surface area contributed by atoms with Gasteiger partial charge in [-0.2, -0.15) is 0 Å². The van der Waals surface area contributed by atoms with Crippen LogP contribution in [0, 0.1) is 5.41 Å². The van der Waals surface area contributed by atoms with Crippen molar-refractivity contribution in [3.8, 4) is 0 Å². The van der Waals surface area contributed by atoms with Crippen LogP contribution in [0.25, 0.3) is 11.0 Å². The first kappa shape index (κ1) is 14.1. The lowest BCUT2D eigenvalue weighted by Crippen LogP contribution is -2.33. The number of carbonyl (C=O) groups excluding carboxylic acids is 1. The Hall–Kier alpha value is -1.84. The number of H-pyrrole nitrogens is 1. The van der Waals surface area contributed by atoms with E-state index in [1.54, 1.807) is 0 Å². The predicted octanol–water partition coefficient (Wildman–Crippen LogP) is 3.66. The van der Waals surface area contributed by atoms with E-state index in [2.05, 4.69) is 30.7 Å². The van der Waals surface area contributed by atoms with Gasteiger partial charge in [0.05, 0.1) is 17.1 Å². The minimum absolute atomic E-state index is 0.0259. The van der Waals surface area contributed by atoms with Crippen LogP contribution in [-0.4, -0.2) is 27.3 Å². The van der Waals surface area contributed by atoms with E-state index >= 15 is 0 Å². The van der Waals surface area contributed by atoms with Crippen molar-refractivity contribution in [2.45, 2.75) is 46.1 Å². The Balaban J connectivity index is 1.85. The number of aromatic amines is 1. The quantitative estimate of drug-likeness (QED) is 0.915. The summed E-state index contributed by atoms with van der Waals surface area (Å²) < 4.78 is 0. The van der Waals surface area contributed by atoms with Crippen molar-refractivity contribution < 1.29 is 4.79 Å². The van der Waals surface area contributed by atoms with Crippen molar-refractivity contribution in [1.29, 1.82) is 0 Å². The van der Waals surface area contributed by atoms with E-state index in [-0.39, 0.29) is 17.4 Å². The van der Waals surface area contributed by atoms with E-state index in [1.165, 1.54) is 0 Å². The van der Waals surface area contributed by atoms with Crippen LogP contribution in [0.15, 0.2) is 24.3 Å². The van der Waals surface area contributed by atoms with Gasteiger partial charge >= 0.3 is 0 Å². The second-order valence-electron chi connectivity index (χ2n) is 7.12. The van der Waals surface area contributed by atoms with E-state index in [0.29, 0.717) is 6.42 Å². The molecule has 2 aromatic rings. The number of benzene rings is 1. The number of fused-ring (bicyclic) bond motifs is 1. The number of rotatable bonds is 2.